The predicted molar refractivity (Wildman–Crippen MR) is 104 cm³/mol. The molecule has 1 aromatic heterocycles. The second-order valence-corrected chi connectivity index (χ2v) is 7.09. The molecule has 0 saturated carbocycles. The summed E-state index contributed by atoms with van der Waals surface area (Å²) in [5.41, 5.74) is 2.34. The molecule has 0 atom stereocenters. The van der Waals surface area contributed by atoms with Gasteiger partial charge in [-0.25, -0.2) is 9.59 Å². The number of aromatic nitrogens is 1. The summed E-state index contributed by atoms with van der Waals surface area (Å²) in [7, 11) is 4.24. The Hall–Kier alpha value is -2.92. The summed E-state index contributed by atoms with van der Waals surface area (Å²) < 4.78 is 7.11. The molecule has 134 valence electrons. The van der Waals surface area contributed by atoms with Gasteiger partial charge in [-0.2, -0.15) is 0 Å². The third kappa shape index (κ3) is 3.83. The highest BCUT2D eigenvalue weighted by Crippen LogP contribution is 2.13. The molecule has 26 heavy (non-hydrogen) atoms. The molecule has 0 unspecified atom stereocenters. The van der Waals surface area contributed by atoms with E-state index in [1.807, 2.05) is 24.3 Å². The Morgan fingerprint density at radius 1 is 1.08 bits per heavy atom. The first-order chi connectivity index (χ1) is 12.4. The minimum atomic E-state index is -0.607. The first-order valence-corrected chi connectivity index (χ1v) is 8.56. The average Bonchev–Trinajstić information content (AvgIpc) is 2.62. The number of benzene rings is 2. The summed E-state index contributed by atoms with van der Waals surface area (Å²) in [6, 6.07) is 15.3. The van der Waals surface area contributed by atoms with Crippen LogP contribution in [0.15, 0.2) is 69.1 Å². The molecule has 0 aliphatic heterocycles. The van der Waals surface area contributed by atoms with Gasteiger partial charge in [-0.3, -0.25) is 4.57 Å². The highest BCUT2D eigenvalue weighted by molar-refractivity contribution is 5.77. The van der Waals surface area contributed by atoms with Gasteiger partial charge in [0, 0.05) is 5.56 Å². The lowest BCUT2D eigenvalue weighted by molar-refractivity contribution is -0.904. The molecular formula is C21H23N2O3+. The Balaban J connectivity index is 1.81. The maximum atomic E-state index is 12.2. The van der Waals surface area contributed by atoms with Crippen LogP contribution in [0.1, 0.15) is 11.1 Å². The second kappa shape index (κ2) is 7.14. The van der Waals surface area contributed by atoms with Crippen LogP contribution in [0, 0.1) is 0 Å². The molecular weight excluding hydrogens is 328 g/mol. The first kappa shape index (κ1) is 17.9. The standard InChI is InChI=1S/C21H23N2O3/c1-4-16-9-11-17(12-10-16)15-23(2,3)14-13-22-19-8-6-5-7-18(19)20(24)26-21(22)25/h4-12H,1,13-15H2,2-3H3/q+1. The number of fused-ring (bicyclic) bond motifs is 1. The van der Waals surface area contributed by atoms with Gasteiger partial charge in [-0.05, 0) is 17.7 Å². The fourth-order valence-corrected chi connectivity index (χ4v) is 3.08. The molecule has 0 spiro atoms. The van der Waals surface area contributed by atoms with Gasteiger partial charge >= 0.3 is 11.4 Å². The van der Waals surface area contributed by atoms with Gasteiger partial charge in [0.2, 0.25) is 0 Å². The van der Waals surface area contributed by atoms with Crippen molar-refractivity contribution >= 4 is 17.0 Å². The van der Waals surface area contributed by atoms with Crippen molar-refractivity contribution in [2.75, 3.05) is 20.6 Å². The van der Waals surface area contributed by atoms with Crippen LogP contribution < -0.4 is 11.4 Å². The van der Waals surface area contributed by atoms with Crippen LogP contribution >= 0.6 is 0 Å². The number of nitrogens with zero attached hydrogens (tertiary/aromatic N) is 2. The van der Waals surface area contributed by atoms with Crippen molar-refractivity contribution in [3.05, 3.63) is 87.2 Å². The Kier molecular flexibility index (Phi) is 4.91. The number of rotatable bonds is 6. The molecule has 3 aromatic rings. The summed E-state index contributed by atoms with van der Waals surface area (Å²) in [4.78, 5) is 24.0. The van der Waals surface area contributed by atoms with Crippen LogP contribution in [0.4, 0.5) is 0 Å². The van der Waals surface area contributed by atoms with Gasteiger partial charge in [-0.15, -0.1) is 0 Å². The molecule has 0 saturated heterocycles. The van der Waals surface area contributed by atoms with E-state index in [1.54, 1.807) is 18.2 Å². The highest BCUT2D eigenvalue weighted by atomic mass is 16.4. The lowest BCUT2D eigenvalue weighted by Crippen LogP contribution is -2.42. The molecule has 0 radical (unpaired) electrons. The monoisotopic (exact) mass is 351 g/mol. The zero-order valence-electron chi connectivity index (χ0n) is 15.1. The van der Waals surface area contributed by atoms with Gasteiger partial charge in [0.25, 0.3) is 0 Å². The smallest absolute Gasteiger partial charge is 0.372 e. The van der Waals surface area contributed by atoms with Crippen molar-refractivity contribution in [2.24, 2.45) is 0 Å². The predicted octanol–water partition coefficient (Wildman–Crippen LogP) is 2.87. The summed E-state index contributed by atoms with van der Waals surface area (Å²) >= 11 is 0. The minimum Gasteiger partial charge on any atom is -0.372 e. The summed E-state index contributed by atoms with van der Waals surface area (Å²) in [5, 5.41) is 0.428. The molecule has 5 heteroatoms. The van der Waals surface area contributed by atoms with E-state index in [-0.39, 0.29) is 0 Å². The molecule has 0 fully saturated rings. The quantitative estimate of drug-likeness (QED) is 0.642. The second-order valence-electron chi connectivity index (χ2n) is 7.09. The number of likely N-dealkylation sites (N-methyl/N-ethyl adjacent to an activating group) is 1. The summed E-state index contributed by atoms with van der Waals surface area (Å²) in [5.74, 6) is -0.607. The first-order valence-electron chi connectivity index (χ1n) is 8.56. The Labute approximate surface area is 152 Å². The van der Waals surface area contributed by atoms with Crippen molar-refractivity contribution in [3.8, 4) is 0 Å². The Morgan fingerprint density at radius 3 is 2.46 bits per heavy atom. The molecule has 2 aromatic carbocycles. The van der Waals surface area contributed by atoms with E-state index in [0.29, 0.717) is 21.9 Å². The van der Waals surface area contributed by atoms with Gasteiger partial charge < -0.3 is 8.90 Å². The lowest BCUT2D eigenvalue weighted by atomic mass is 10.1. The van der Waals surface area contributed by atoms with E-state index < -0.39 is 11.4 Å². The van der Waals surface area contributed by atoms with Crippen molar-refractivity contribution in [1.82, 2.24) is 4.57 Å². The number of quaternary nitrogens is 1. The van der Waals surface area contributed by atoms with Crippen molar-refractivity contribution in [2.45, 2.75) is 13.1 Å². The van der Waals surface area contributed by atoms with Crippen molar-refractivity contribution < 1.29 is 8.90 Å². The summed E-state index contributed by atoms with van der Waals surface area (Å²) in [6.45, 7) is 5.80. The fourth-order valence-electron chi connectivity index (χ4n) is 3.08. The number of para-hydroxylation sites is 1. The van der Waals surface area contributed by atoms with Crippen LogP contribution in [0.25, 0.3) is 17.0 Å². The van der Waals surface area contributed by atoms with Crippen LogP contribution in [-0.4, -0.2) is 29.7 Å². The SMILES string of the molecule is C=Cc1ccc(C[N+](C)(C)CCn2c(=O)oc(=O)c3ccccc32)cc1. The average molecular weight is 351 g/mol. The largest absolute Gasteiger partial charge is 0.422 e. The molecule has 0 amide bonds. The van der Waals surface area contributed by atoms with Crippen LogP contribution in [0.2, 0.25) is 0 Å². The molecule has 0 bridgehead atoms. The number of hydrogen-bond acceptors (Lipinski definition) is 3. The van der Waals surface area contributed by atoms with Crippen molar-refractivity contribution in [1.29, 1.82) is 0 Å². The molecule has 0 aliphatic carbocycles. The van der Waals surface area contributed by atoms with Crippen LogP contribution in [0.3, 0.4) is 0 Å². The van der Waals surface area contributed by atoms with Gasteiger partial charge in [0.05, 0.1) is 38.1 Å². The molecule has 3 rings (SSSR count). The lowest BCUT2D eigenvalue weighted by Gasteiger charge is -2.30. The molecule has 0 aliphatic rings. The van der Waals surface area contributed by atoms with Gasteiger partial charge in [0.1, 0.15) is 6.54 Å². The van der Waals surface area contributed by atoms with E-state index >= 15 is 0 Å². The topological polar surface area (TPSA) is 52.2 Å². The maximum Gasteiger partial charge on any atom is 0.422 e. The number of hydrogen-bond donors (Lipinski definition) is 0. The van der Waals surface area contributed by atoms with Crippen molar-refractivity contribution in [3.63, 3.8) is 0 Å². The zero-order valence-corrected chi connectivity index (χ0v) is 15.1. The molecule has 0 N–H and O–H groups in total. The van der Waals surface area contributed by atoms with E-state index in [4.69, 9.17) is 4.42 Å². The van der Waals surface area contributed by atoms with Crippen LogP contribution in [0.5, 0.6) is 0 Å². The van der Waals surface area contributed by atoms with E-state index in [2.05, 4.69) is 32.8 Å². The third-order valence-electron chi connectivity index (χ3n) is 4.57. The van der Waals surface area contributed by atoms with E-state index in [0.717, 1.165) is 18.7 Å². The Morgan fingerprint density at radius 2 is 1.77 bits per heavy atom. The van der Waals surface area contributed by atoms with E-state index in [1.165, 1.54) is 10.1 Å². The highest BCUT2D eigenvalue weighted by Gasteiger charge is 2.18. The third-order valence-corrected chi connectivity index (χ3v) is 4.57. The Bertz CT molecular complexity index is 1040. The van der Waals surface area contributed by atoms with E-state index in [9.17, 15) is 9.59 Å². The zero-order chi connectivity index (χ0) is 18.7. The van der Waals surface area contributed by atoms with Gasteiger partial charge in [0.15, 0.2) is 0 Å². The fraction of sp³-hybridized carbons (Fsp3) is 0.238. The normalized spacial score (nSPS) is 11.6. The molecule has 1 heterocycles. The van der Waals surface area contributed by atoms with Crippen LogP contribution in [-0.2, 0) is 13.1 Å². The summed E-state index contributed by atoms with van der Waals surface area (Å²) in [6.07, 6.45) is 1.82. The van der Waals surface area contributed by atoms with Gasteiger partial charge in [-0.1, -0.05) is 49.1 Å². The maximum absolute atomic E-state index is 12.2. The molecule has 5 nitrogen and oxygen atoms in total. The minimum absolute atomic E-state index is 0.428.